The van der Waals surface area contributed by atoms with Gasteiger partial charge in [-0.05, 0) is 41.8 Å². The third-order valence-corrected chi connectivity index (χ3v) is 5.25. The highest BCUT2D eigenvalue weighted by Crippen LogP contribution is 2.40. The van der Waals surface area contributed by atoms with E-state index in [4.69, 9.17) is 14.2 Å². The first kappa shape index (κ1) is 22.0. The molecule has 0 atom stereocenters. The van der Waals surface area contributed by atoms with E-state index in [1.54, 1.807) is 18.2 Å². The molecular formula is C18H22N2O6S2. The van der Waals surface area contributed by atoms with E-state index in [1.807, 2.05) is 6.26 Å². The molecule has 0 saturated carbocycles. The molecule has 3 amide bonds. The zero-order chi connectivity index (χ0) is 20.7. The van der Waals surface area contributed by atoms with Crippen molar-refractivity contribution in [1.82, 2.24) is 10.2 Å². The first-order chi connectivity index (χ1) is 13.4. The minimum Gasteiger partial charge on any atom is -0.493 e. The van der Waals surface area contributed by atoms with Crippen molar-refractivity contribution in [2.75, 3.05) is 46.4 Å². The number of nitrogens with zero attached hydrogens (tertiary/aromatic N) is 1. The van der Waals surface area contributed by atoms with Crippen molar-refractivity contribution in [2.24, 2.45) is 0 Å². The van der Waals surface area contributed by atoms with Gasteiger partial charge in [0, 0.05) is 13.1 Å². The lowest BCUT2D eigenvalue weighted by atomic mass is 10.1. The lowest BCUT2D eigenvalue weighted by molar-refractivity contribution is -0.123. The molecule has 2 rings (SSSR count). The second-order valence-corrected chi connectivity index (χ2v) is 7.43. The van der Waals surface area contributed by atoms with Crippen molar-refractivity contribution < 1.29 is 28.6 Å². The fourth-order valence-corrected chi connectivity index (χ4v) is 3.75. The molecule has 8 nitrogen and oxygen atoms in total. The second-order valence-electron chi connectivity index (χ2n) is 5.57. The predicted octanol–water partition coefficient (Wildman–Crippen LogP) is 2.23. The minimum absolute atomic E-state index is 0.122. The maximum atomic E-state index is 12.6. The van der Waals surface area contributed by atoms with Gasteiger partial charge in [-0.1, -0.05) is 0 Å². The molecule has 0 spiro atoms. The zero-order valence-corrected chi connectivity index (χ0v) is 17.7. The summed E-state index contributed by atoms with van der Waals surface area (Å²) < 4.78 is 15.9. The molecule has 1 aliphatic heterocycles. The molecule has 0 unspecified atom stereocenters. The number of imide groups is 1. The van der Waals surface area contributed by atoms with Crippen molar-refractivity contribution >= 4 is 46.7 Å². The Morgan fingerprint density at radius 1 is 1.18 bits per heavy atom. The van der Waals surface area contributed by atoms with E-state index in [2.05, 4.69) is 5.32 Å². The van der Waals surface area contributed by atoms with Gasteiger partial charge in [0.05, 0.1) is 32.0 Å². The topological polar surface area (TPSA) is 94.2 Å². The first-order valence-electron chi connectivity index (χ1n) is 8.26. The Balaban J connectivity index is 2.16. The van der Waals surface area contributed by atoms with E-state index in [-0.39, 0.29) is 29.1 Å². The normalized spacial score (nSPS) is 15.1. The Bertz CT molecular complexity index is 771. The van der Waals surface area contributed by atoms with Crippen LogP contribution in [0, 0.1) is 0 Å². The van der Waals surface area contributed by atoms with Gasteiger partial charge in [0.15, 0.2) is 11.5 Å². The van der Waals surface area contributed by atoms with Crippen LogP contribution in [0.25, 0.3) is 6.08 Å². The van der Waals surface area contributed by atoms with Crippen molar-refractivity contribution in [3.8, 4) is 17.2 Å². The van der Waals surface area contributed by atoms with Crippen LogP contribution >= 0.6 is 23.5 Å². The van der Waals surface area contributed by atoms with E-state index in [0.717, 1.165) is 16.7 Å². The number of amides is 3. The summed E-state index contributed by atoms with van der Waals surface area (Å²) in [6.07, 6.45) is 3.42. The van der Waals surface area contributed by atoms with Crippen LogP contribution < -0.4 is 19.5 Å². The van der Waals surface area contributed by atoms with E-state index in [9.17, 15) is 14.4 Å². The third kappa shape index (κ3) is 5.14. The van der Waals surface area contributed by atoms with Crippen molar-refractivity contribution in [3.63, 3.8) is 0 Å². The molecule has 1 aliphatic rings. The molecule has 0 radical (unpaired) electrons. The average Bonchev–Trinajstić information content (AvgIpc) is 2.94. The van der Waals surface area contributed by atoms with Crippen LogP contribution in [0.15, 0.2) is 17.0 Å². The highest BCUT2D eigenvalue weighted by atomic mass is 32.2. The van der Waals surface area contributed by atoms with Crippen molar-refractivity contribution in [2.45, 2.75) is 0 Å². The molecule has 1 fully saturated rings. The number of carbonyl (C=O) groups excluding carboxylic acids is 3. The Morgan fingerprint density at radius 3 is 2.36 bits per heavy atom. The molecule has 152 valence electrons. The van der Waals surface area contributed by atoms with Crippen LogP contribution in [-0.4, -0.2) is 68.4 Å². The number of benzene rings is 1. The van der Waals surface area contributed by atoms with E-state index >= 15 is 0 Å². The van der Waals surface area contributed by atoms with E-state index < -0.39 is 5.91 Å². The van der Waals surface area contributed by atoms with Crippen LogP contribution in [0.4, 0.5) is 4.79 Å². The van der Waals surface area contributed by atoms with Gasteiger partial charge in [-0.3, -0.25) is 19.3 Å². The summed E-state index contributed by atoms with van der Waals surface area (Å²) in [4.78, 5) is 37.6. The number of ether oxygens (including phenoxy) is 3. The molecule has 1 heterocycles. The molecule has 1 aromatic carbocycles. The lowest BCUT2D eigenvalue weighted by Gasteiger charge is -2.13. The van der Waals surface area contributed by atoms with E-state index in [1.165, 1.54) is 33.1 Å². The Morgan fingerprint density at radius 2 is 1.82 bits per heavy atom. The number of hydrogen-bond acceptors (Lipinski definition) is 8. The summed E-state index contributed by atoms with van der Waals surface area (Å²) in [5.41, 5.74) is 0.633. The van der Waals surface area contributed by atoms with Gasteiger partial charge < -0.3 is 19.5 Å². The zero-order valence-electron chi connectivity index (χ0n) is 16.1. The fraction of sp³-hybridized carbons (Fsp3) is 0.389. The van der Waals surface area contributed by atoms with E-state index in [0.29, 0.717) is 28.6 Å². The van der Waals surface area contributed by atoms with Gasteiger partial charge in [-0.25, -0.2) is 0 Å². The van der Waals surface area contributed by atoms with Gasteiger partial charge in [-0.2, -0.15) is 11.8 Å². The largest absolute Gasteiger partial charge is 0.493 e. The number of methoxy groups -OCH3 is 3. The maximum absolute atomic E-state index is 12.6. The third-order valence-electron chi connectivity index (χ3n) is 3.79. The van der Waals surface area contributed by atoms with Crippen LogP contribution in [0.5, 0.6) is 17.2 Å². The highest BCUT2D eigenvalue weighted by molar-refractivity contribution is 8.18. The van der Waals surface area contributed by atoms with Gasteiger partial charge in [0.2, 0.25) is 11.7 Å². The predicted molar refractivity (Wildman–Crippen MR) is 110 cm³/mol. The quantitative estimate of drug-likeness (QED) is 0.601. The molecule has 0 bridgehead atoms. The summed E-state index contributed by atoms with van der Waals surface area (Å²) in [7, 11) is 4.50. The summed E-state index contributed by atoms with van der Waals surface area (Å²) >= 11 is 2.25. The summed E-state index contributed by atoms with van der Waals surface area (Å²) in [5, 5.41) is 2.30. The fourth-order valence-electron chi connectivity index (χ4n) is 2.52. The molecule has 1 N–H and O–H groups in total. The molecule has 28 heavy (non-hydrogen) atoms. The standard InChI is InChI=1S/C18H22N2O6S2/c1-24-12-7-11(8-13(25-2)16(12)26-3)9-14-17(22)20(18(23)28-14)6-5-19-15(21)10-27-4/h7-9H,5-6,10H2,1-4H3,(H,19,21)/b14-9-. The SMILES string of the molecule is COc1cc(/C=C2\SC(=O)N(CCNC(=O)CSC)C2=O)cc(OC)c1OC. The second kappa shape index (κ2) is 10.3. The van der Waals surface area contributed by atoms with Gasteiger partial charge in [-0.15, -0.1) is 0 Å². The van der Waals surface area contributed by atoms with Crippen molar-refractivity contribution in [3.05, 3.63) is 22.6 Å². The molecule has 1 aromatic rings. The van der Waals surface area contributed by atoms with Gasteiger partial charge >= 0.3 is 0 Å². The van der Waals surface area contributed by atoms with Crippen molar-refractivity contribution in [1.29, 1.82) is 0 Å². The summed E-state index contributed by atoms with van der Waals surface area (Å²) in [6, 6.07) is 3.38. The van der Waals surface area contributed by atoms with Gasteiger partial charge in [0.1, 0.15) is 0 Å². The highest BCUT2D eigenvalue weighted by Gasteiger charge is 2.34. The Labute approximate surface area is 171 Å². The van der Waals surface area contributed by atoms with Crippen LogP contribution in [0.1, 0.15) is 5.56 Å². The number of nitrogens with one attached hydrogen (secondary N) is 1. The number of carbonyl (C=O) groups is 3. The average molecular weight is 427 g/mol. The molecule has 10 heteroatoms. The summed E-state index contributed by atoms with van der Waals surface area (Å²) in [5.74, 6) is 1.14. The number of hydrogen-bond donors (Lipinski definition) is 1. The molecule has 1 saturated heterocycles. The van der Waals surface area contributed by atoms with Crippen LogP contribution in [0.2, 0.25) is 0 Å². The number of rotatable bonds is 9. The maximum Gasteiger partial charge on any atom is 0.293 e. The van der Waals surface area contributed by atoms with Crippen LogP contribution in [0.3, 0.4) is 0 Å². The minimum atomic E-state index is -0.400. The lowest BCUT2D eigenvalue weighted by Crippen LogP contribution is -2.37. The van der Waals surface area contributed by atoms with Crippen LogP contribution in [-0.2, 0) is 9.59 Å². The molecule has 0 aliphatic carbocycles. The number of thioether (sulfide) groups is 2. The smallest absolute Gasteiger partial charge is 0.293 e. The first-order valence-corrected chi connectivity index (χ1v) is 10.5. The molecule has 0 aromatic heterocycles. The Hall–Kier alpha value is -2.33. The monoisotopic (exact) mass is 426 g/mol. The Kier molecular flexibility index (Phi) is 8.06. The summed E-state index contributed by atoms with van der Waals surface area (Å²) in [6.45, 7) is 0.340. The van der Waals surface area contributed by atoms with Gasteiger partial charge in [0.25, 0.3) is 11.1 Å². The molecular weight excluding hydrogens is 404 g/mol.